The summed E-state index contributed by atoms with van der Waals surface area (Å²) in [6.07, 6.45) is 1.67. The van der Waals surface area contributed by atoms with Crippen LogP contribution in [0, 0.1) is 5.92 Å². The number of hydrogen-bond acceptors (Lipinski definition) is 1. The molecule has 0 radical (unpaired) electrons. The molecule has 2 nitrogen and oxygen atoms in total. The van der Waals surface area contributed by atoms with Crippen LogP contribution < -0.4 is 4.90 Å². The van der Waals surface area contributed by atoms with Crippen LogP contribution in [0.1, 0.15) is 48.5 Å². The molecule has 0 bridgehead atoms. The molecule has 0 spiro atoms. The van der Waals surface area contributed by atoms with E-state index in [1.54, 1.807) is 0 Å². The molecule has 1 aliphatic heterocycles. The number of likely N-dealkylation sites (tertiary alicyclic amines) is 1. The van der Waals surface area contributed by atoms with Gasteiger partial charge in [0, 0.05) is 23.5 Å². The second kappa shape index (κ2) is 7.90. The van der Waals surface area contributed by atoms with Crippen LogP contribution in [0.15, 0.2) is 91.0 Å². The maximum Gasteiger partial charge on any atom is 0.119 e. The molecule has 1 unspecified atom stereocenters. The van der Waals surface area contributed by atoms with Gasteiger partial charge in [0.2, 0.25) is 0 Å². The van der Waals surface area contributed by atoms with Gasteiger partial charge in [-0.1, -0.05) is 97.9 Å². The summed E-state index contributed by atoms with van der Waals surface area (Å²) in [7, 11) is 2.29. The first-order chi connectivity index (χ1) is 13.6. The van der Waals surface area contributed by atoms with Crippen LogP contribution >= 0.6 is 0 Å². The summed E-state index contributed by atoms with van der Waals surface area (Å²) in [5, 5.41) is 12.2. The van der Waals surface area contributed by atoms with Crippen molar-refractivity contribution in [3.63, 3.8) is 0 Å². The van der Waals surface area contributed by atoms with E-state index in [1.807, 2.05) is 18.2 Å². The fourth-order valence-corrected chi connectivity index (χ4v) is 5.29. The van der Waals surface area contributed by atoms with E-state index in [0.29, 0.717) is 0 Å². The van der Waals surface area contributed by atoms with Crippen molar-refractivity contribution in [2.45, 2.75) is 37.5 Å². The second-order valence-corrected chi connectivity index (χ2v) is 8.10. The summed E-state index contributed by atoms with van der Waals surface area (Å²) < 4.78 is 0. The fraction of sp³-hybridized carbons (Fsp3) is 0.308. The quantitative estimate of drug-likeness (QED) is 0.701. The average Bonchev–Trinajstić information content (AvgIpc) is 2.76. The summed E-state index contributed by atoms with van der Waals surface area (Å²) in [5.74, 6) is 0.150. The first-order valence-corrected chi connectivity index (χ1v) is 10.4. The summed E-state index contributed by atoms with van der Waals surface area (Å²) >= 11 is 0. The Morgan fingerprint density at radius 2 is 1.32 bits per heavy atom. The Morgan fingerprint density at radius 1 is 0.821 bits per heavy atom. The largest absolute Gasteiger partial charge is 0.384 e. The highest BCUT2D eigenvalue weighted by atomic mass is 16.3. The van der Waals surface area contributed by atoms with Gasteiger partial charge in [0.05, 0.1) is 7.05 Å². The van der Waals surface area contributed by atoms with Crippen LogP contribution in [0.4, 0.5) is 0 Å². The molecule has 0 aliphatic carbocycles. The zero-order chi connectivity index (χ0) is 19.6. The van der Waals surface area contributed by atoms with Crippen LogP contribution in [-0.4, -0.2) is 12.2 Å². The van der Waals surface area contributed by atoms with Gasteiger partial charge in [-0.15, -0.1) is 0 Å². The third-order valence-electron chi connectivity index (χ3n) is 6.65. The monoisotopic (exact) mass is 372 g/mol. The van der Waals surface area contributed by atoms with Crippen molar-refractivity contribution in [2.75, 3.05) is 7.05 Å². The predicted molar refractivity (Wildman–Crippen MR) is 114 cm³/mol. The lowest BCUT2D eigenvalue weighted by atomic mass is 9.66. The van der Waals surface area contributed by atoms with Gasteiger partial charge in [-0.05, 0) is 12.0 Å². The smallest absolute Gasteiger partial charge is 0.119 e. The first kappa shape index (κ1) is 18.9. The molecule has 28 heavy (non-hydrogen) atoms. The molecule has 1 aliphatic rings. The molecule has 1 saturated heterocycles. The maximum absolute atomic E-state index is 12.2. The Balaban J connectivity index is 1.86. The molecule has 144 valence electrons. The maximum atomic E-state index is 12.2. The van der Waals surface area contributed by atoms with E-state index in [1.165, 1.54) is 16.0 Å². The highest BCUT2D eigenvalue weighted by Gasteiger charge is 2.53. The normalized spacial score (nSPS) is 30.1. The number of aliphatic hydroxyl groups is 1. The Labute approximate surface area is 168 Å². The van der Waals surface area contributed by atoms with E-state index in [-0.39, 0.29) is 18.0 Å². The Morgan fingerprint density at radius 3 is 1.86 bits per heavy atom. The Bertz CT molecular complexity index is 880. The molecule has 3 aromatic carbocycles. The van der Waals surface area contributed by atoms with Crippen molar-refractivity contribution in [1.82, 2.24) is 0 Å². The van der Waals surface area contributed by atoms with Crippen molar-refractivity contribution in [2.24, 2.45) is 5.92 Å². The van der Waals surface area contributed by atoms with Crippen molar-refractivity contribution >= 4 is 0 Å². The lowest BCUT2D eigenvalue weighted by Gasteiger charge is -2.50. The van der Waals surface area contributed by atoms with Gasteiger partial charge in [0.1, 0.15) is 17.7 Å². The molecule has 0 saturated carbocycles. The summed E-state index contributed by atoms with van der Waals surface area (Å²) in [4.78, 5) is 1.46. The third-order valence-corrected chi connectivity index (χ3v) is 6.65. The number of quaternary nitrogens is 1. The van der Waals surface area contributed by atoms with E-state index < -0.39 is 5.60 Å². The summed E-state index contributed by atoms with van der Waals surface area (Å²) in [6.45, 7) is 2.21. The van der Waals surface area contributed by atoms with Crippen molar-refractivity contribution in [3.05, 3.63) is 108 Å². The standard InChI is InChI=1S/C26H29NO/c1-3-23-25(21-15-9-5-10-16-21)27(2)24(20-13-7-4-8-14-20)19-26(23,28)22-17-11-6-12-18-22/h4-18,23-25,28H,3,19H2,1-2H3/p+1/t23-,24+,25-,26+/m1/s1. The predicted octanol–water partition coefficient (Wildman–Crippen LogP) is 4.30. The molecule has 3 aromatic rings. The number of nitrogens with one attached hydrogen (secondary N) is 1. The molecule has 5 atom stereocenters. The summed E-state index contributed by atoms with van der Waals surface area (Å²) in [6, 6.07) is 32.2. The van der Waals surface area contributed by atoms with Crippen molar-refractivity contribution < 1.29 is 10.0 Å². The van der Waals surface area contributed by atoms with Gasteiger partial charge in [-0.25, -0.2) is 0 Å². The highest BCUT2D eigenvalue weighted by Crippen LogP contribution is 2.47. The number of piperidine rings is 1. The van der Waals surface area contributed by atoms with E-state index in [9.17, 15) is 5.11 Å². The minimum absolute atomic E-state index is 0.150. The zero-order valence-electron chi connectivity index (χ0n) is 16.8. The summed E-state index contributed by atoms with van der Waals surface area (Å²) in [5.41, 5.74) is 2.79. The zero-order valence-corrected chi connectivity index (χ0v) is 16.8. The van der Waals surface area contributed by atoms with Crippen LogP contribution in [-0.2, 0) is 5.60 Å². The van der Waals surface area contributed by atoms with Crippen LogP contribution in [0.3, 0.4) is 0 Å². The minimum Gasteiger partial charge on any atom is -0.384 e. The van der Waals surface area contributed by atoms with Crippen LogP contribution in [0.5, 0.6) is 0 Å². The molecule has 2 heteroatoms. The Hall–Kier alpha value is -2.42. The number of hydrogen-bond donors (Lipinski definition) is 2. The van der Waals surface area contributed by atoms with Gasteiger partial charge in [-0.3, -0.25) is 0 Å². The molecule has 2 N–H and O–H groups in total. The van der Waals surface area contributed by atoms with Gasteiger partial charge in [0.15, 0.2) is 0 Å². The van der Waals surface area contributed by atoms with E-state index in [0.717, 1.165) is 18.4 Å². The average molecular weight is 373 g/mol. The SMILES string of the molecule is CC[C@@H]1[C@@H](c2ccccc2)[NH+](C)[C@H](c2ccccc2)C[C@]1(O)c1ccccc1. The third kappa shape index (κ3) is 3.28. The molecule has 1 heterocycles. The second-order valence-electron chi connectivity index (χ2n) is 8.10. The molecule has 0 amide bonds. The minimum atomic E-state index is -0.851. The lowest BCUT2D eigenvalue weighted by molar-refractivity contribution is -0.958. The van der Waals surface area contributed by atoms with E-state index >= 15 is 0 Å². The molecular formula is C26H30NO+. The lowest BCUT2D eigenvalue weighted by Crippen LogP contribution is -3.12. The molecular weight excluding hydrogens is 342 g/mol. The highest BCUT2D eigenvalue weighted by molar-refractivity contribution is 5.29. The van der Waals surface area contributed by atoms with Gasteiger partial charge in [-0.2, -0.15) is 0 Å². The Kier molecular flexibility index (Phi) is 5.34. The van der Waals surface area contributed by atoms with Crippen molar-refractivity contribution in [3.8, 4) is 0 Å². The molecule has 0 aromatic heterocycles. The van der Waals surface area contributed by atoms with Crippen LogP contribution in [0.25, 0.3) is 0 Å². The van der Waals surface area contributed by atoms with Crippen LogP contribution in [0.2, 0.25) is 0 Å². The first-order valence-electron chi connectivity index (χ1n) is 10.4. The molecule has 4 rings (SSSR count). The van der Waals surface area contributed by atoms with Gasteiger partial charge in [0.25, 0.3) is 0 Å². The van der Waals surface area contributed by atoms with Gasteiger partial charge < -0.3 is 10.0 Å². The van der Waals surface area contributed by atoms with Crippen molar-refractivity contribution in [1.29, 1.82) is 0 Å². The fourth-order valence-electron chi connectivity index (χ4n) is 5.29. The number of benzene rings is 3. The van der Waals surface area contributed by atoms with Gasteiger partial charge >= 0.3 is 0 Å². The number of rotatable bonds is 4. The van der Waals surface area contributed by atoms with E-state index in [2.05, 4.69) is 86.8 Å². The molecule has 1 fully saturated rings. The van der Waals surface area contributed by atoms with E-state index in [4.69, 9.17) is 0 Å². The topological polar surface area (TPSA) is 24.7 Å².